The number of hydrogen-bond donors (Lipinski definition) is 0. The maximum absolute atomic E-state index is 13.4. The summed E-state index contributed by atoms with van der Waals surface area (Å²) in [6, 6.07) is 14.1. The van der Waals surface area contributed by atoms with Crippen molar-refractivity contribution in [3.63, 3.8) is 0 Å². The Labute approximate surface area is 175 Å². The molecule has 1 aliphatic heterocycles. The van der Waals surface area contributed by atoms with E-state index in [1.165, 1.54) is 12.1 Å². The van der Waals surface area contributed by atoms with Crippen molar-refractivity contribution in [3.05, 3.63) is 59.7 Å². The lowest BCUT2D eigenvalue weighted by Crippen LogP contribution is -2.41. The highest BCUT2D eigenvalue weighted by atomic mass is 19.4. The molecule has 0 unspecified atom stereocenters. The molecule has 0 aromatic heterocycles. The van der Waals surface area contributed by atoms with Crippen LogP contribution in [0.2, 0.25) is 0 Å². The van der Waals surface area contributed by atoms with E-state index < -0.39 is 29.9 Å². The van der Waals surface area contributed by atoms with Crippen LogP contribution in [0, 0.1) is 0 Å². The van der Waals surface area contributed by atoms with Crippen LogP contribution >= 0.6 is 0 Å². The summed E-state index contributed by atoms with van der Waals surface area (Å²) in [5.74, 6) is 0.443. The fourth-order valence-corrected chi connectivity index (χ4v) is 3.66. The van der Waals surface area contributed by atoms with Crippen LogP contribution in [0.1, 0.15) is 51.7 Å². The summed E-state index contributed by atoms with van der Waals surface area (Å²) >= 11 is 0. The van der Waals surface area contributed by atoms with Crippen LogP contribution in [0.15, 0.2) is 48.5 Å². The molecule has 1 heterocycles. The molecule has 7 heteroatoms. The van der Waals surface area contributed by atoms with E-state index in [1.54, 1.807) is 12.1 Å². The van der Waals surface area contributed by atoms with Crippen LogP contribution in [-0.4, -0.2) is 24.5 Å². The van der Waals surface area contributed by atoms with Crippen LogP contribution in [-0.2, 0) is 21.3 Å². The van der Waals surface area contributed by atoms with Gasteiger partial charge in [0, 0.05) is 0 Å². The molecule has 2 aliphatic rings. The Bertz CT molecular complexity index is 902. The molecule has 4 rings (SSSR count). The molecular weight excluding hydrogens is 392 g/mol. The van der Waals surface area contributed by atoms with E-state index in [4.69, 9.17) is 14.0 Å². The van der Waals surface area contributed by atoms with Gasteiger partial charge in [0.25, 0.3) is 0 Å². The number of hydrogen-bond acceptors (Lipinski definition) is 3. The Morgan fingerprint density at radius 1 is 0.933 bits per heavy atom. The summed E-state index contributed by atoms with van der Waals surface area (Å²) < 4.78 is 58.0. The summed E-state index contributed by atoms with van der Waals surface area (Å²) in [5.41, 5.74) is -0.391. The lowest BCUT2D eigenvalue weighted by Gasteiger charge is -2.32. The molecule has 2 aromatic carbocycles. The average Bonchev–Trinajstić information content (AvgIpc) is 3.44. The van der Waals surface area contributed by atoms with Gasteiger partial charge in [0.1, 0.15) is 12.4 Å². The molecule has 1 saturated heterocycles. The van der Waals surface area contributed by atoms with Crippen LogP contribution in [0.5, 0.6) is 5.75 Å². The Kier molecular flexibility index (Phi) is 4.98. The van der Waals surface area contributed by atoms with E-state index in [2.05, 4.69) is 0 Å². The van der Waals surface area contributed by atoms with Gasteiger partial charge < -0.3 is 14.0 Å². The van der Waals surface area contributed by atoms with Gasteiger partial charge in [0.2, 0.25) is 0 Å². The predicted octanol–water partition coefficient (Wildman–Crippen LogP) is 5.16. The number of ether oxygens (including phenoxy) is 1. The first-order valence-corrected chi connectivity index (χ1v) is 10.2. The SMILES string of the molecule is CC1(C)OB(c2ccc(COc3cccc(C4(C(F)(F)F)CC4)c3)cc2)OC1(C)C. The van der Waals surface area contributed by atoms with Crippen molar-refractivity contribution in [2.75, 3.05) is 0 Å². The third kappa shape index (κ3) is 3.74. The Balaban J connectivity index is 1.41. The molecule has 0 amide bonds. The van der Waals surface area contributed by atoms with E-state index in [0.717, 1.165) is 11.0 Å². The molecule has 2 aromatic rings. The van der Waals surface area contributed by atoms with Crippen molar-refractivity contribution < 1.29 is 27.2 Å². The molecule has 1 aliphatic carbocycles. The van der Waals surface area contributed by atoms with E-state index in [9.17, 15) is 13.2 Å². The van der Waals surface area contributed by atoms with Crippen LogP contribution in [0.3, 0.4) is 0 Å². The quantitative estimate of drug-likeness (QED) is 0.628. The maximum atomic E-state index is 13.4. The first-order valence-electron chi connectivity index (χ1n) is 10.2. The topological polar surface area (TPSA) is 27.7 Å². The molecule has 0 atom stereocenters. The molecule has 3 nitrogen and oxygen atoms in total. The minimum absolute atomic E-state index is 0.139. The van der Waals surface area contributed by atoms with Gasteiger partial charge in [-0.2, -0.15) is 13.2 Å². The van der Waals surface area contributed by atoms with E-state index in [0.29, 0.717) is 5.75 Å². The second-order valence-corrected chi connectivity index (χ2v) is 9.23. The second kappa shape index (κ2) is 7.03. The van der Waals surface area contributed by atoms with Crippen LogP contribution in [0.4, 0.5) is 13.2 Å². The van der Waals surface area contributed by atoms with Gasteiger partial charge in [-0.05, 0) is 69.3 Å². The van der Waals surface area contributed by atoms with Crippen molar-refractivity contribution in [3.8, 4) is 5.75 Å². The van der Waals surface area contributed by atoms with Crippen molar-refractivity contribution in [2.45, 2.75) is 69.9 Å². The minimum atomic E-state index is -4.23. The molecule has 2 fully saturated rings. The molecule has 0 N–H and O–H groups in total. The van der Waals surface area contributed by atoms with E-state index >= 15 is 0 Å². The first kappa shape index (κ1) is 21.3. The van der Waals surface area contributed by atoms with Gasteiger partial charge in [-0.15, -0.1) is 0 Å². The van der Waals surface area contributed by atoms with Gasteiger partial charge in [-0.3, -0.25) is 0 Å². The number of halogens is 3. The number of benzene rings is 2. The number of rotatable bonds is 5. The summed E-state index contributed by atoms with van der Waals surface area (Å²) in [7, 11) is -0.432. The zero-order valence-electron chi connectivity index (χ0n) is 17.7. The Morgan fingerprint density at radius 2 is 1.53 bits per heavy atom. The van der Waals surface area contributed by atoms with Gasteiger partial charge in [-0.1, -0.05) is 36.4 Å². The lowest BCUT2D eigenvalue weighted by atomic mass is 9.79. The molecule has 0 spiro atoms. The van der Waals surface area contributed by atoms with Crippen molar-refractivity contribution in [1.29, 1.82) is 0 Å². The largest absolute Gasteiger partial charge is 0.494 e. The lowest BCUT2D eigenvalue weighted by molar-refractivity contribution is -0.160. The fraction of sp³-hybridized carbons (Fsp3) is 0.478. The second-order valence-electron chi connectivity index (χ2n) is 9.23. The third-order valence-corrected chi connectivity index (χ3v) is 6.59. The van der Waals surface area contributed by atoms with E-state index in [1.807, 2.05) is 52.0 Å². The maximum Gasteiger partial charge on any atom is 0.494 e. The highest BCUT2D eigenvalue weighted by Gasteiger charge is 2.64. The average molecular weight is 418 g/mol. The Hall–Kier alpha value is -1.99. The zero-order chi connectivity index (χ0) is 21.8. The van der Waals surface area contributed by atoms with Crippen molar-refractivity contribution >= 4 is 12.6 Å². The fourth-order valence-electron chi connectivity index (χ4n) is 3.66. The zero-order valence-corrected chi connectivity index (χ0v) is 17.7. The summed E-state index contributed by atoms with van der Waals surface area (Å²) in [6.07, 6.45) is -3.95. The van der Waals surface area contributed by atoms with E-state index in [-0.39, 0.29) is 25.0 Å². The van der Waals surface area contributed by atoms with Crippen molar-refractivity contribution in [1.82, 2.24) is 0 Å². The Morgan fingerprint density at radius 3 is 2.07 bits per heavy atom. The summed E-state index contributed by atoms with van der Waals surface area (Å²) in [5, 5.41) is 0. The standard InChI is InChI=1S/C23H26BF3O3/c1-20(2)21(3,4)30-24(29-20)18-10-8-16(9-11-18)15-28-19-7-5-6-17(14-19)22(12-13-22)23(25,26)27/h5-11,14H,12-13,15H2,1-4H3. The summed E-state index contributed by atoms with van der Waals surface area (Å²) in [6.45, 7) is 8.30. The normalized spacial score (nSPS) is 21.5. The molecule has 30 heavy (non-hydrogen) atoms. The molecule has 0 radical (unpaired) electrons. The smallest absolute Gasteiger partial charge is 0.489 e. The first-order chi connectivity index (χ1) is 13.9. The predicted molar refractivity (Wildman–Crippen MR) is 110 cm³/mol. The minimum Gasteiger partial charge on any atom is -0.489 e. The van der Waals surface area contributed by atoms with Gasteiger partial charge in [-0.25, -0.2) is 0 Å². The highest BCUT2D eigenvalue weighted by molar-refractivity contribution is 6.62. The van der Waals surface area contributed by atoms with Gasteiger partial charge in [0.05, 0.1) is 16.6 Å². The van der Waals surface area contributed by atoms with Crippen LogP contribution in [0.25, 0.3) is 0 Å². The number of alkyl halides is 3. The highest BCUT2D eigenvalue weighted by Crippen LogP contribution is 2.59. The monoisotopic (exact) mass is 418 g/mol. The van der Waals surface area contributed by atoms with Crippen LogP contribution < -0.4 is 10.2 Å². The van der Waals surface area contributed by atoms with Gasteiger partial charge in [0.15, 0.2) is 0 Å². The third-order valence-electron chi connectivity index (χ3n) is 6.59. The molecular formula is C23H26BF3O3. The van der Waals surface area contributed by atoms with Crippen molar-refractivity contribution in [2.24, 2.45) is 0 Å². The molecule has 0 bridgehead atoms. The summed E-state index contributed by atoms with van der Waals surface area (Å²) in [4.78, 5) is 0. The molecule has 160 valence electrons. The molecule has 1 saturated carbocycles. The van der Waals surface area contributed by atoms with Gasteiger partial charge >= 0.3 is 13.3 Å².